The second-order valence-corrected chi connectivity index (χ2v) is 19.3. The predicted molar refractivity (Wildman–Crippen MR) is 188 cm³/mol. The first-order valence-electron chi connectivity index (χ1n) is 19.9. The van der Waals surface area contributed by atoms with Crippen LogP contribution in [-0.2, 0) is 18.9 Å². The highest BCUT2D eigenvalue weighted by Crippen LogP contribution is 2.89. The molecule has 5 saturated carbocycles. The number of amides is 1. The number of nitrogens with zero attached hydrogens (tertiary/aromatic N) is 2. The molecule has 9 nitrogen and oxygen atoms in total. The van der Waals surface area contributed by atoms with E-state index in [4.69, 9.17) is 18.9 Å². The molecule has 0 unspecified atom stereocenters. The number of rotatable bonds is 8. The van der Waals surface area contributed by atoms with Crippen LogP contribution in [0.15, 0.2) is 0 Å². The third kappa shape index (κ3) is 5.15. The number of ether oxygens (including phenoxy) is 4. The largest absolute Gasteiger partial charge is 0.446 e. The molecule has 49 heavy (non-hydrogen) atoms. The number of fused-ring (bicyclic) bond motifs is 4. The van der Waals surface area contributed by atoms with Crippen molar-refractivity contribution in [3.05, 3.63) is 0 Å². The maximum atomic E-state index is 13.5. The van der Waals surface area contributed by atoms with E-state index >= 15 is 0 Å². The quantitative estimate of drug-likeness (QED) is 0.333. The van der Waals surface area contributed by atoms with Crippen molar-refractivity contribution < 1.29 is 34.0 Å². The fourth-order valence-corrected chi connectivity index (χ4v) is 14.2. The molecule has 2 N–H and O–H groups in total. The zero-order chi connectivity index (χ0) is 35.4. The Kier molecular flexibility index (Phi) is 9.13. The first-order chi connectivity index (χ1) is 23.0. The third-order valence-corrected chi connectivity index (χ3v) is 16.6. The van der Waals surface area contributed by atoms with Crippen molar-refractivity contribution in [3.8, 4) is 0 Å². The van der Waals surface area contributed by atoms with E-state index in [0.717, 1.165) is 64.8 Å². The van der Waals surface area contributed by atoms with Gasteiger partial charge in [0.2, 0.25) is 0 Å². The Morgan fingerprint density at radius 1 is 1.00 bits per heavy atom. The lowest BCUT2D eigenvalue weighted by Gasteiger charge is -2.63. The van der Waals surface area contributed by atoms with E-state index in [0.29, 0.717) is 37.5 Å². The normalized spacial score (nSPS) is 48.0. The molecular formula is C40H68N2O7. The molecule has 0 radical (unpaired) electrons. The molecule has 7 aliphatic rings. The van der Waals surface area contributed by atoms with E-state index in [-0.39, 0.29) is 57.4 Å². The Morgan fingerprint density at radius 3 is 2.33 bits per heavy atom. The summed E-state index contributed by atoms with van der Waals surface area (Å²) >= 11 is 0. The Balaban J connectivity index is 1.08. The van der Waals surface area contributed by atoms with Gasteiger partial charge in [0.15, 0.2) is 0 Å². The van der Waals surface area contributed by atoms with Gasteiger partial charge in [0, 0.05) is 57.3 Å². The lowest BCUT2D eigenvalue weighted by molar-refractivity contribution is -0.215. The number of carbonyl (C=O) groups is 1. The number of hydrogen-bond acceptors (Lipinski definition) is 8. The van der Waals surface area contributed by atoms with Gasteiger partial charge >= 0.3 is 6.09 Å². The second kappa shape index (κ2) is 12.3. The van der Waals surface area contributed by atoms with Gasteiger partial charge in [-0.15, -0.1) is 0 Å². The molecule has 7 fully saturated rings. The van der Waals surface area contributed by atoms with Crippen LogP contribution in [0.25, 0.3) is 0 Å². The molecule has 5 aliphatic carbocycles. The van der Waals surface area contributed by atoms with Gasteiger partial charge < -0.3 is 34.1 Å². The van der Waals surface area contributed by atoms with Crippen LogP contribution in [0.3, 0.4) is 0 Å². The summed E-state index contributed by atoms with van der Waals surface area (Å²) < 4.78 is 24.8. The van der Waals surface area contributed by atoms with Gasteiger partial charge in [-0.2, -0.15) is 0 Å². The maximum Gasteiger partial charge on any atom is 0.410 e. The molecule has 2 spiro atoms. The average molecular weight is 689 g/mol. The third-order valence-electron chi connectivity index (χ3n) is 16.6. The number of carbonyl (C=O) groups excluding carboxylic acids is 1. The summed E-state index contributed by atoms with van der Waals surface area (Å²) in [7, 11) is 1.73. The lowest BCUT2D eigenvalue weighted by atomic mass is 9.41. The van der Waals surface area contributed by atoms with E-state index < -0.39 is 17.8 Å². The van der Waals surface area contributed by atoms with E-state index in [9.17, 15) is 15.0 Å². The zero-order valence-electron chi connectivity index (χ0n) is 32.1. The van der Waals surface area contributed by atoms with Crippen molar-refractivity contribution in [2.24, 2.45) is 50.7 Å². The smallest absolute Gasteiger partial charge is 0.410 e. The van der Waals surface area contributed by atoms with E-state index in [1.54, 1.807) is 7.11 Å². The van der Waals surface area contributed by atoms with Crippen LogP contribution in [-0.4, -0.2) is 115 Å². The Hall–Kier alpha value is -0.970. The zero-order valence-corrected chi connectivity index (χ0v) is 32.1. The predicted octanol–water partition coefficient (Wildman–Crippen LogP) is 5.75. The van der Waals surface area contributed by atoms with E-state index in [1.165, 1.54) is 12.8 Å². The molecule has 2 heterocycles. The van der Waals surface area contributed by atoms with Crippen molar-refractivity contribution in [1.29, 1.82) is 0 Å². The lowest BCUT2D eigenvalue weighted by Crippen LogP contribution is -2.60. The van der Waals surface area contributed by atoms with Crippen molar-refractivity contribution in [3.63, 3.8) is 0 Å². The van der Waals surface area contributed by atoms with Gasteiger partial charge in [-0.05, 0) is 112 Å². The van der Waals surface area contributed by atoms with Crippen LogP contribution in [0.5, 0.6) is 0 Å². The molecule has 1 amide bonds. The van der Waals surface area contributed by atoms with Crippen molar-refractivity contribution in [1.82, 2.24) is 9.80 Å². The Labute approximate surface area is 296 Å². The molecule has 2 saturated heterocycles. The van der Waals surface area contributed by atoms with Gasteiger partial charge in [0.1, 0.15) is 12.2 Å². The number of hydrogen-bond donors (Lipinski definition) is 2. The van der Waals surface area contributed by atoms with Gasteiger partial charge in [-0.25, -0.2) is 4.79 Å². The van der Waals surface area contributed by atoms with Crippen molar-refractivity contribution in [2.75, 3.05) is 53.0 Å². The molecular weight excluding hydrogens is 620 g/mol. The summed E-state index contributed by atoms with van der Waals surface area (Å²) in [6.07, 6.45) is 7.06. The molecule has 13 atom stereocenters. The minimum atomic E-state index is -1.03. The highest BCUT2D eigenvalue weighted by Gasteiger charge is 2.84. The Bertz CT molecular complexity index is 1250. The summed E-state index contributed by atoms with van der Waals surface area (Å²) in [6, 6.07) is 0. The summed E-state index contributed by atoms with van der Waals surface area (Å²) in [5, 5.41) is 23.7. The number of aliphatic hydroxyl groups excluding tert-OH is 1. The Morgan fingerprint density at radius 2 is 1.67 bits per heavy atom. The monoisotopic (exact) mass is 689 g/mol. The average Bonchev–Trinajstić information content (AvgIpc) is 3.68. The molecule has 0 bridgehead atoms. The number of aliphatic hydroxyl groups is 2. The minimum absolute atomic E-state index is 0.0142. The van der Waals surface area contributed by atoms with Crippen LogP contribution < -0.4 is 0 Å². The van der Waals surface area contributed by atoms with Crippen molar-refractivity contribution in [2.45, 2.75) is 143 Å². The fourth-order valence-electron chi connectivity index (χ4n) is 14.2. The van der Waals surface area contributed by atoms with Crippen molar-refractivity contribution >= 4 is 6.09 Å². The number of methoxy groups -OCH3 is 1. The van der Waals surface area contributed by atoms with Crippen LogP contribution in [0, 0.1) is 50.7 Å². The molecule has 0 aromatic carbocycles. The second-order valence-electron chi connectivity index (χ2n) is 19.3. The molecule has 7 rings (SSSR count). The summed E-state index contributed by atoms with van der Waals surface area (Å²) in [5.74, 6) is 1.62. The van der Waals surface area contributed by atoms with Crippen LogP contribution in [0.1, 0.15) is 107 Å². The van der Waals surface area contributed by atoms with E-state index in [1.807, 2.05) is 25.7 Å². The van der Waals surface area contributed by atoms with Crippen LogP contribution in [0.2, 0.25) is 0 Å². The number of piperazine rings is 1. The van der Waals surface area contributed by atoms with Gasteiger partial charge in [0.05, 0.1) is 30.5 Å². The standard InChI is InChI=1S/C40H68N2O7/c1-10-47-33(36(5,6)45)26-23-25(2)30-31(48-26)32(43)38(8)28-12-11-27-35(3,4)29(13-14-39(27)24-40(28,39)16-15-37(30,38)7)49-34(44)42-19-17-41(18-20-42)21-22-46-9/h25-33,43,45H,10-24H2,1-9H3/t25-,26-,27+,28+,29+,30+,31+,32+,33+,37-,38-,39-,40+/m1/s1. The summed E-state index contributed by atoms with van der Waals surface area (Å²) in [6.45, 7) is 22.9. The molecule has 2 aliphatic heterocycles. The first-order valence-corrected chi connectivity index (χ1v) is 19.9. The minimum Gasteiger partial charge on any atom is -0.446 e. The fraction of sp³-hybridized carbons (Fsp3) is 0.975. The summed E-state index contributed by atoms with van der Waals surface area (Å²) in [5.41, 5.74) is -0.870. The molecule has 9 heteroatoms. The highest BCUT2D eigenvalue weighted by atomic mass is 16.6. The first kappa shape index (κ1) is 36.4. The maximum absolute atomic E-state index is 13.5. The molecule has 0 aromatic rings. The molecule has 0 aromatic heterocycles. The molecule has 280 valence electrons. The van der Waals surface area contributed by atoms with Gasteiger partial charge in [-0.1, -0.05) is 34.6 Å². The van der Waals surface area contributed by atoms with E-state index in [2.05, 4.69) is 39.5 Å². The topological polar surface area (TPSA) is 101 Å². The van der Waals surface area contributed by atoms with Gasteiger partial charge in [-0.3, -0.25) is 4.90 Å². The highest BCUT2D eigenvalue weighted by molar-refractivity contribution is 5.68. The SMILES string of the molecule is CCO[C@@H]([C@H]1C[C@@H](C)[C@H]2[C@H](O1)[C@H](O)[C@@]1(C)[C@@H]3CC[C@H]4C(C)(C)[C@@H](OC(=O)N5CCN(CCOC)CC5)CC[C@@]45C[C@@]35CC[C@]21C)C(C)(C)O. The van der Waals surface area contributed by atoms with Gasteiger partial charge in [0.25, 0.3) is 0 Å². The van der Waals surface area contributed by atoms with Crippen LogP contribution >= 0.6 is 0 Å². The van der Waals surface area contributed by atoms with Crippen LogP contribution in [0.4, 0.5) is 4.79 Å². The summed E-state index contributed by atoms with van der Waals surface area (Å²) in [4.78, 5) is 17.8.